The van der Waals surface area contributed by atoms with E-state index in [1.165, 1.54) is 7.11 Å². The van der Waals surface area contributed by atoms with Gasteiger partial charge < -0.3 is 18.9 Å². The molecule has 0 unspecified atom stereocenters. The number of methoxy groups -OCH3 is 1. The van der Waals surface area contributed by atoms with Crippen LogP contribution in [-0.2, 0) is 19.1 Å². The van der Waals surface area contributed by atoms with Gasteiger partial charge in [-0.3, -0.25) is 14.5 Å². The van der Waals surface area contributed by atoms with Crippen LogP contribution in [0.15, 0.2) is 21.5 Å². The maximum atomic E-state index is 12.5. The maximum Gasteiger partial charge on any atom is 0.344 e. The van der Waals surface area contributed by atoms with E-state index in [-0.39, 0.29) is 37.5 Å². The van der Waals surface area contributed by atoms with Gasteiger partial charge in [-0.2, -0.15) is 0 Å². The topological polar surface area (TPSA) is 91.4 Å². The highest BCUT2D eigenvalue weighted by atomic mass is 79.9. The Hall–Kier alpha value is -2.04. The number of halogens is 1. The highest BCUT2D eigenvalue weighted by molar-refractivity contribution is 9.10. The lowest BCUT2D eigenvalue weighted by Crippen LogP contribution is -2.31. The molecule has 1 aromatic rings. The number of amides is 2. The molecule has 1 fully saturated rings. The maximum absolute atomic E-state index is 12.5. The van der Waals surface area contributed by atoms with E-state index in [4.69, 9.17) is 18.9 Å². The predicted molar refractivity (Wildman–Crippen MR) is 112 cm³/mol. The lowest BCUT2D eigenvalue weighted by Gasteiger charge is -2.14. The number of imide groups is 1. The summed E-state index contributed by atoms with van der Waals surface area (Å²) in [5.41, 5.74) is 0.633. The molecule has 0 spiro atoms. The molecular formula is C19H22BrNO7S. The number of rotatable bonds is 10. The lowest BCUT2D eigenvalue weighted by atomic mass is 10.2. The lowest BCUT2D eigenvalue weighted by molar-refractivity contribution is -0.145. The summed E-state index contributed by atoms with van der Waals surface area (Å²) in [5, 5.41) is -0.339. The molecule has 0 atom stereocenters. The van der Waals surface area contributed by atoms with Gasteiger partial charge in [-0.25, -0.2) is 4.79 Å². The van der Waals surface area contributed by atoms with Crippen molar-refractivity contribution >= 4 is 50.9 Å². The van der Waals surface area contributed by atoms with Crippen molar-refractivity contribution < 1.29 is 33.3 Å². The molecule has 0 aliphatic carbocycles. The highest BCUT2D eigenvalue weighted by Crippen LogP contribution is 2.38. The Kier molecular flexibility index (Phi) is 8.99. The molecule has 0 N–H and O–H groups in total. The second-order valence-electron chi connectivity index (χ2n) is 5.67. The molecular weight excluding hydrogens is 466 g/mol. The Morgan fingerprint density at radius 2 is 1.90 bits per heavy atom. The van der Waals surface area contributed by atoms with Crippen LogP contribution in [-0.4, -0.2) is 62.1 Å². The number of carbonyl (C=O) groups is 3. The van der Waals surface area contributed by atoms with Crippen LogP contribution in [0, 0.1) is 0 Å². The van der Waals surface area contributed by atoms with E-state index in [0.717, 1.165) is 16.7 Å². The third-order valence-electron chi connectivity index (χ3n) is 3.69. The highest BCUT2D eigenvalue weighted by Gasteiger charge is 2.34. The summed E-state index contributed by atoms with van der Waals surface area (Å²) in [6, 6.07) is 3.32. The second kappa shape index (κ2) is 11.2. The Balaban J connectivity index is 2.26. The normalized spacial score (nSPS) is 15.2. The van der Waals surface area contributed by atoms with Crippen LogP contribution in [0.1, 0.15) is 19.4 Å². The van der Waals surface area contributed by atoms with E-state index < -0.39 is 5.97 Å². The molecule has 1 aliphatic rings. The minimum atomic E-state index is -0.486. The Labute approximate surface area is 181 Å². The average molecular weight is 488 g/mol. The summed E-state index contributed by atoms with van der Waals surface area (Å²) in [5.74, 6) is -0.0913. The number of carbonyl (C=O) groups excluding carboxylic acids is 3. The first-order valence-corrected chi connectivity index (χ1v) is 10.5. The molecule has 1 saturated heterocycles. The Bertz CT molecular complexity index is 812. The van der Waals surface area contributed by atoms with Gasteiger partial charge in [0.15, 0.2) is 18.1 Å². The fraction of sp³-hybridized carbons (Fsp3) is 0.421. The fourth-order valence-corrected chi connectivity index (χ4v) is 3.69. The van der Waals surface area contributed by atoms with E-state index in [1.54, 1.807) is 25.1 Å². The van der Waals surface area contributed by atoms with Crippen molar-refractivity contribution in [2.45, 2.75) is 13.8 Å². The number of hydrogen-bond donors (Lipinski definition) is 0. The van der Waals surface area contributed by atoms with E-state index >= 15 is 0 Å². The molecule has 0 bridgehead atoms. The smallest absolute Gasteiger partial charge is 0.344 e. The van der Waals surface area contributed by atoms with E-state index in [1.807, 2.05) is 6.92 Å². The van der Waals surface area contributed by atoms with Crippen molar-refractivity contribution in [3.05, 3.63) is 27.1 Å². The van der Waals surface area contributed by atoms with Gasteiger partial charge in [-0.15, -0.1) is 0 Å². The van der Waals surface area contributed by atoms with Crippen molar-refractivity contribution in [2.24, 2.45) is 0 Å². The van der Waals surface area contributed by atoms with Crippen molar-refractivity contribution in [1.29, 1.82) is 0 Å². The van der Waals surface area contributed by atoms with E-state index in [2.05, 4.69) is 15.9 Å². The molecule has 0 saturated carbocycles. The van der Waals surface area contributed by atoms with Crippen molar-refractivity contribution in [1.82, 2.24) is 4.90 Å². The molecule has 1 heterocycles. The summed E-state index contributed by atoms with van der Waals surface area (Å²) in [6.07, 6.45) is 1.61. The molecule has 8 nitrogen and oxygen atoms in total. The summed E-state index contributed by atoms with van der Waals surface area (Å²) in [6.45, 7) is 4.40. The third kappa shape index (κ3) is 6.22. The van der Waals surface area contributed by atoms with Gasteiger partial charge in [0, 0.05) is 11.6 Å². The fourth-order valence-electron chi connectivity index (χ4n) is 2.40. The van der Waals surface area contributed by atoms with Gasteiger partial charge in [-0.05, 0) is 49.4 Å². The first-order valence-electron chi connectivity index (χ1n) is 8.90. The monoisotopic (exact) mass is 487 g/mol. The number of nitrogens with zero attached hydrogens (tertiary/aromatic N) is 1. The molecule has 1 aromatic carbocycles. The summed E-state index contributed by atoms with van der Waals surface area (Å²) < 4.78 is 21.5. The number of ether oxygens (including phenoxy) is 4. The predicted octanol–water partition coefficient (Wildman–Crippen LogP) is 3.47. The molecule has 2 rings (SSSR count). The quantitative estimate of drug-likeness (QED) is 0.365. The van der Waals surface area contributed by atoms with Crippen LogP contribution in [0.4, 0.5) is 4.79 Å². The summed E-state index contributed by atoms with van der Waals surface area (Å²) in [4.78, 5) is 37.6. The molecule has 0 radical (unpaired) electrons. The third-order valence-corrected chi connectivity index (χ3v) is 5.29. The second-order valence-corrected chi connectivity index (χ2v) is 7.52. The van der Waals surface area contributed by atoms with Gasteiger partial charge in [0.2, 0.25) is 0 Å². The SMILES string of the molecule is CCOC(=O)COc1cc(Br)c(/C=C2/SC(=O)N(CCOC)C2=O)cc1OCC. The van der Waals surface area contributed by atoms with Crippen LogP contribution in [0.25, 0.3) is 6.08 Å². The van der Waals surface area contributed by atoms with E-state index in [9.17, 15) is 14.4 Å². The van der Waals surface area contributed by atoms with Crippen LogP contribution >= 0.6 is 27.7 Å². The van der Waals surface area contributed by atoms with Crippen LogP contribution in [0.3, 0.4) is 0 Å². The summed E-state index contributed by atoms with van der Waals surface area (Å²) in [7, 11) is 1.51. The molecule has 0 aromatic heterocycles. The first kappa shape index (κ1) is 23.2. The summed E-state index contributed by atoms with van der Waals surface area (Å²) >= 11 is 4.30. The zero-order valence-corrected chi connectivity index (χ0v) is 18.8. The van der Waals surface area contributed by atoms with Gasteiger partial charge in [0.25, 0.3) is 11.1 Å². The molecule has 1 aliphatic heterocycles. The number of esters is 1. The first-order chi connectivity index (χ1) is 13.9. The molecule has 2 amide bonds. The zero-order chi connectivity index (χ0) is 21.4. The van der Waals surface area contributed by atoms with Gasteiger partial charge in [0.1, 0.15) is 0 Å². The van der Waals surface area contributed by atoms with Crippen molar-refractivity contribution in [3.8, 4) is 11.5 Å². The number of hydrogen-bond acceptors (Lipinski definition) is 8. The average Bonchev–Trinajstić information content (AvgIpc) is 2.94. The Morgan fingerprint density at radius 1 is 1.17 bits per heavy atom. The molecule has 158 valence electrons. The van der Waals surface area contributed by atoms with Crippen LogP contribution in [0.5, 0.6) is 11.5 Å². The van der Waals surface area contributed by atoms with Crippen LogP contribution < -0.4 is 9.47 Å². The molecule has 29 heavy (non-hydrogen) atoms. The van der Waals surface area contributed by atoms with Gasteiger partial charge in [0.05, 0.1) is 31.3 Å². The minimum absolute atomic E-state index is 0.199. The number of thioether (sulfide) groups is 1. The molecule has 10 heteroatoms. The minimum Gasteiger partial charge on any atom is -0.490 e. The van der Waals surface area contributed by atoms with Crippen molar-refractivity contribution in [3.63, 3.8) is 0 Å². The van der Waals surface area contributed by atoms with Gasteiger partial charge >= 0.3 is 5.97 Å². The van der Waals surface area contributed by atoms with Gasteiger partial charge in [-0.1, -0.05) is 15.9 Å². The van der Waals surface area contributed by atoms with Crippen molar-refractivity contribution in [2.75, 3.05) is 40.1 Å². The van der Waals surface area contributed by atoms with Crippen LogP contribution in [0.2, 0.25) is 0 Å². The number of benzene rings is 1. The Morgan fingerprint density at radius 3 is 2.55 bits per heavy atom. The largest absolute Gasteiger partial charge is 0.490 e. The van der Waals surface area contributed by atoms with E-state index in [0.29, 0.717) is 33.0 Å². The zero-order valence-electron chi connectivity index (χ0n) is 16.4. The standard InChI is InChI=1S/C19H22BrNO7S/c1-4-26-14-8-12(13(20)10-15(14)28-11-17(22)27-5-2)9-16-18(23)21(6-7-25-3)19(24)29-16/h8-10H,4-7,11H2,1-3H3/b16-9+.